The van der Waals surface area contributed by atoms with Gasteiger partial charge in [-0.3, -0.25) is 0 Å². The average Bonchev–Trinajstić information content (AvgIpc) is 2.29. The van der Waals surface area contributed by atoms with E-state index < -0.39 is 11.5 Å². The molecule has 16 heavy (non-hydrogen) atoms. The Morgan fingerprint density at radius 2 is 2.12 bits per heavy atom. The Balaban J connectivity index is 2.98. The van der Waals surface area contributed by atoms with Crippen molar-refractivity contribution in [1.82, 2.24) is 0 Å². The van der Waals surface area contributed by atoms with E-state index in [0.717, 1.165) is 0 Å². The predicted molar refractivity (Wildman–Crippen MR) is 62.9 cm³/mol. The fourth-order valence-electron chi connectivity index (χ4n) is 1.34. The molecular formula is C12H17NO3. The van der Waals surface area contributed by atoms with E-state index in [1.54, 1.807) is 26.2 Å². The van der Waals surface area contributed by atoms with E-state index in [1.165, 1.54) is 0 Å². The molecule has 0 spiro atoms. The summed E-state index contributed by atoms with van der Waals surface area (Å²) in [5, 5.41) is 12.2. The molecule has 4 heteroatoms. The number of ether oxygens (including phenoxy) is 1. The van der Waals surface area contributed by atoms with Gasteiger partial charge in [0.25, 0.3) is 0 Å². The Bertz CT molecular complexity index is 378. The van der Waals surface area contributed by atoms with E-state index in [1.807, 2.05) is 19.1 Å². The Kier molecular flexibility index (Phi) is 3.77. The van der Waals surface area contributed by atoms with Crippen LogP contribution < -0.4 is 10.1 Å². The van der Waals surface area contributed by atoms with Crippen molar-refractivity contribution < 1.29 is 14.6 Å². The van der Waals surface area contributed by atoms with Gasteiger partial charge in [0.1, 0.15) is 11.3 Å². The van der Waals surface area contributed by atoms with E-state index in [2.05, 4.69) is 5.32 Å². The van der Waals surface area contributed by atoms with Gasteiger partial charge in [0, 0.05) is 0 Å². The molecule has 0 radical (unpaired) electrons. The number of rotatable bonds is 5. The molecule has 88 valence electrons. The van der Waals surface area contributed by atoms with Crippen LogP contribution in [0, 0.1) is 0 Å². The highest BCUT2D eigenvalue weighted by atomic mass is 16.5. The van der Waals surface area contributed by atoms with Crippen molar-refractivity contribution in [3.05, 3.63) is 24.3 Å². The van der Waals surface area contributed by atoms with Gasteiger partial charge in [0.15, 0.2) is 0 Å². The first-order valence-electron chi connectivity index (χ1n) is 5.18. The molecule has 0 fully saturated rings. The Morgan fingerprint density at radius 1 is 1.50 bits per heavy atom. The summed E-state index contributed by atoms with van der Waals surface area (Å²) in [6.07, 6.45) is 0.486. The monoisotopic (exact) mass is 223 g/mol. The van der Waals surface area contributed by atoms with Crippen LogP contribution in [0.1, 0.15) is 20.3 Å². The second-order valence-corrected chi connectivity index (χ2v) is 3.82. The smallest absolute Gasteiger partial charge is 0.329 e. The lowest BCUT2D eigenvalue weighted by Crippen LogP contribution is -2.42. The number of para-hydroxylation sites is 2. The van der Waals surface area contributed by atoms with E-state index in [9.17, 15) is 4.79 Å². The number of methoxy groups -OCH3 is 1. The van der Waals surface area contributed by atoms with Gasteiger partial charge in [0.2, 0.25) is 0 Å². The van der Waals surface area contributed by atoms with Crippen LogP contribution in [-0.4, -0.2) is 23.7 Å². The minimum Gasteiger partial charge on any atom is -0.495 e. The Labute approximate surface area is 95.2 Å². The van der Waals surface area contributed by atoms with Crippen molar-refractivity contribution in [2.75, 3.05) is 12.4 Å². The lowest BCUT2D eigenvalue weighted by molar-refractivity contribution is -0.141. The molecule has 1 unspecified atom stereocenters. The standard InChI is InChI=1S/C12H17NO3/c1-4-12(2,11(14)15)13-9-7-5-6-8-10(9)16-3/h5-8,13H,4H2,1-3H3,(H,14,15). The molecule has 0 amide bonds. The lowest BCUT2D eigenvalue weighted by atomic mass is 9.98. The van der Waals surface area contributed by atoms with Crippen molar-refractivity contribution in [3.8, 4) is 5.75 Å². The summed E-state index contributed by atoms with van der Waals surface area (Å²) in [5.74, 6) is -0.232. The zero-order chi connectivity index (χ0) is 12.2. The zero-order valence-electron chi connectivity index (χ0n) is 9.78. The quantitative estimate of drug-likeness (QED) is 0.804. The normalized spacial score (nSPS) is 13.9. The summed E-state index contributed by atoms with van der Waals surface area (Å²) in [6, 6.07) is 7.27. The summed E-state index contributed by atoms with van der Waals surface area (Å²) in [5.41, 5.74) is -0.286. The number of anilines is 1. The molecule has 0 saturated carbocycles. The number of hydrogen-bond donors (Lipinski definition) is 2. The summed E-state index contributed by atoms with van der Waals surface area (Å²) in [7, 11) is 1.56. The van der Waals surface area contributed by atoms with Crippen LogP contribution in [0.4, 0.5) is 5.69 Å². The molecule has 4 nitrogen and oxygen atoms in total. The highest BCUT2D eigenvalue weighted by molar-refractivity contribution is 5.82. The molecular weight excluding hydrogens is 206 g/mol. The van der Waals surface area contributed by atoms with Gasteiger partial charge >= 0.3 is 5.97 Å². The lowest BCUT2D eigenvalue weighted by Gasteiger charge is -2.26. The molecule has 1 atom stereocenters. The summed E-state index contributed by atoms with van der Waals surface area (Å²) in [4.78, 5) is 11.2. The number of aliphatic carboxylic acids is 1. The van der Waals surface area contributed by atoms with Crippen molar-refractivity contribution in [3.63, 3.8) is 0 Å². The third-order valence-electron chi connectivity index (χ3n) is 2.70. The summed E-state index contributed by atoms with van der Waals surface area (Å²) >= 11 is 0. The van der Waals surface area contributed by atoms with Crippen LogP contribution in [0.2, 0.25) is 0 Å². The molecule has 1 rings (SSSR count). The van der Waals surface area contributed by atoms with Crippen molar-refractivity contribution in [2.24, 2.45) is 0 Å². The number of carboxylic acid groups (broad SMARTS) is 1. The van der Waals surface area contributed by atoms with Crippen LogP contribution in [0.25, 0.3) is 0 Å². The number of carboxylic acids is 1. The van der Waals surface area contributed by atoms with Gasteiger partial charge in [-0.15, -0.1) is 0 Å². The maximum Gasteiger partial charge on any atom is 0.329 e. The number of carbonyl (C=O) groups is 1. The predicted octanol–water partition coefficient (Wildman–Crippen LogP) is 2.36. The molecule has 0 heterocycles. The van der Waals surface area contributed by atoms with Crippen molar-refractivity contribution >= 4 is 11.7 Å². The number of benzene rings is 1. The molecule has 0 saturated heterocycles. The fraction of sp³-hybridized carbons (Fsp3) is 0.417. The van der Waals surface area contributed by atoms with Gasteiger partial charge in [-0.1, -0.05) is 19.1 Å². The molecule has 0 aliphatic carbocycles. The highest BCUT2D eigenvalue weighted by Crippen LogP contribution is 2.27. The Hall–Kier alpha value is -1.71. The fourth-order valence-corrected chi connectivity index (χ4v) is 1.34. The van der Waals surface area contributed by atoms with E-state index >= 15 is 0 Å². The number of nitrogens with one attached hydrogen (secondary N) is 1. The third kappa shape index (κ3) is 2.45. The second-order valence-electron chi connectivity index (χ2n) is 3.82. The van der Waals surface area contributed by atoms with Crippen LogP contribution in [0.15, 0.2) is 24.3 Å². The number of hydrogen-bond acceptors (Lipinski definition) is 3. The van der Waals surface area contributed by atoms with Crippen LogP contribution >= 0.6 is 0 Å². The van der Waals surface area contributed by atoms with E-state index in [4.69, 9.17) is 9.84 Å². The van der Waals surface area contributed by atoms with Crippen LogP contribution in [-0.2, 0) is 4.79 Å². The van der Waals surface area contributed by atoms with Crippen LogP contribution in [0.5, 0.6) is 5.75 Å². The zero-order valence-corrected chi connectivity index (χ0v) is 9.78. The topological polar surface area (TPSA) is 58.6 Å². The Morgan fingerprint density at radius 3 is 2.62 bits per heavy atom. The van der Waals surface area contributed by atoms with E-state index in [-0.39, 0.29) is 0 Å². The highest BCUT2D eigenvalue weighted by Gasteiger charge is 2.31. The SMILES string of the molecule is CCC(C)(Nc1ccccc1OC)C(=O)O. The molecule has 0 bridgehead atoms. The third-order valence-corrected chi connectivity index (χ3v) is 2.70. The largest absolute Gasteiger partial charge is 0.495 e. The van der Waals surface area contributed by atoms with Gasteiger partial charge in [-0.2, -0.15) is 0 Å². The van der Waals surface area contributed by atoms with Gasteiger partial charge in [-0.25, -0.2) is 4.79 Å². The van der Waals surface area contributed by atoms with Crippen molar-refractivity contribution in [1.29, 1.82) is 0 Å². The molecule has 2 N–H and O–H groups in total. The summed E-state index contributed by atoms with van der Waals surface area (Å²) in [6.45, 7) is 3.48. The van der Waals surface area contributed by atoms with E-state index in [0.29, 0.717) is 17.9 Å². The maximum atomic E-state index is 11.2. The van der Waals surface area contributed by atoms with Crippen LogP contribution in [0.3, 0.4) is 0 Å². The molecule has 0 aromatic heterocycles. The van der Waals surface area contributed by atoms with Gasteiger partial charge < -0.3 is 15.2 Å². The molecule has 1 aromatic rings. The first kappa shape index (κ1) is 12.4. The molecule has 0 aliphatic rings. The average molecular weight is 223 g/mol. The summed E-state index contributed by atoms with van der Waals surface area (Å²) < 4.78 is 5.16. The van der Waals surface area contributed by atoms with Crippen molar-refractivity contribution in [2.45, 2.75) is 25.8 Å². The second kappa shape index (κ2) is 4.88. The maximum absolute atomic E-state index is 11.2. The van der Waals surface area contributed by atoms with Gasteiger partial charge in [-0.05, 0) is 25.5 Å². The molecule has 1 aromatic carbocycles. The molecule has 0 aliphatic heterocycles. The van der Waals surface area contributed by atoms with Gasteiger partial charge in [0.05, 0.1) is 12.8 Å². The first-order chi connectivity index (χ1) is 7.53. The minimum absolute atomic E-state index is 0.486. The first-order valence-corrected chi connectivity index (χ1v) is 5.18. The minimum atomic E-state index is -0.978.